The van der Waals surface area contributed by atoms with Gasteiger partial charge in [0.25, 0.3) is 5.91 Å². The van der Waals surface area contributed by atoms with Crippen LogP contribution in [-0.4, -0.2) is 18.7 Å². The van der Waals surface area contributed by atoms with E-state index in [-0.39, 0.29) is 12.5 Å². The molecule has 7 heteroatoms. The van der Waals surface area contributed by atoms with Crippen molar-refractivity contribution in [2.45, 2.75) is 6.61 Å². The smallest absolute Gasteiger partial charge is 0.259 e. The molecule has 148 valence electrons. The van der Waals surface area contributed by atoms with Gasteiger partial charge in [0.2, 0.25) is 0 Å². The average Bonchev–Trinajstić information content (AvgIpc) is 2.73. The molecule has 3 aromatic carbocycles. The molecule has 0 unspecified atom stereocenters. The molecule has 0 fully saturated rings. The summed E-state index contributed by atoms with van der Waals surface area (Å²) in [5, 5.41) is 7.03. The van der Waals surface area contributed by atoms with E-state index in [1.165, 1.54) is 0 Å². The highest BCUT2D eigenvalue weighted by atomic mass is 79.9. The van der Waals surface area contributed by atoms with E-state index in [9.17, 15) is 4.79 Å². The molecule has 0 atom stereocenters. The molecule has 0 saturated heterocycles. The molecule has 0 aliphatic carbocycles. The van der Waals surface area contributed by atoms with Gasteiger partial charge >= 0.3 is 0 Å². The van der Waals surface area contributed by atoms with E-state index in [0.717, 1.165) is 31.5 Å². The largest absolute Gasteiger partial charge is 0.488 e. The summed E-state index contributed by atoms with van der Waals surface area (Å²) in [5.74, 6) is 0.514. The van der Waals surface area contributed by atoms with Crippen LogP contribution in [0.4, 0.5) is 5.69 Å². The van der Waals surface area contributed by atoms with Gasteiger partial charge in [0.05, 0.1) is 17.2 Å². The lowest BCUT2D eigenvalue weighted by Gasteiger charge is -2.09. The predicted octanol–water partition coefficient (Wildman–Crippen LogP) is 5.35. The standard InChI is InChI=1S/C22H19Br2N3O2/c23-18-7-9-19(10-8-18)25-14-22(28)27-26-13-17-6-11-21(20(24)12-17)29-15-16-4-2-1-3-5-16/h1-13,25H,14-15H2,(H,27,28)/b26-13-. The number of rotatable bonds is 8. The van der Waals surface area contributed by atoms with Gasteiger partial charge in [-0.1, -0.05) is 46.3 Å². The van der Waals surface area contributed by atoms with Crippen LogP contribution in [0.2, 0.25) is 0 Å². The normalized spacial score (nSPS) is 10.7. The van der Waals surface area contributed by atoms with Gasteiger partial charge in [-0.2, -0.15) is 5.10 Å². The molecular formula is C22H19Br2N3O2. The zero-order valence-electron chi connectivity index (χ0n) is 15.4. The second-order valence-corrected chi connectivity index (χ2v) is 7.89. The molecule has 3 rings (SSSR count). The Balaban J connectivity index is 1.46. The highest BCUT2D eigenvalue weighted by molar-refractivity contribution is 9.10. The number of carbonyl (C=O) groups excluding carboxylic acids is 1. The van der Waals surface area contributed by atoms with Crippen LogP contribution >= 0.6 is 31.9 Å². The first-order chi connectivity index (χ1) is 14.1. The molecule has 0 radical (unpaired) electrons. The summed E-state index contributed by atoms with van der Waals surface area (Å²) >= 11 is 6.88. The van der Waals surface area contributed by atoms with E-state index in [0.29, 0.717) is 6.61 Å². The Bertz CT molecular complexity index is 977. The van der Waals surface area contributed by atoms with Crippen molar-refractivity contribution in [2.24, 2.45) is 5.10 Å². The fraction of sp³-hybridized carbons (Fsp3) is 0.0909. The van der Waals surface area contributed by atoms with Gasteiger partial charge in [-0.3, -0.25) is 4.79 Å². The first-order valence-corrected chi connectivity index (χ1v) is 10.5. The molecule has 0 heterocycles. The van der Waals surface area contributed by atoms with Crippen molar-refractivity contribution in [3.63, 3.8) is 0 Å². The number of halogens is 2. The van der Waals surface area contributed by atoms with E-state index < -0.39 is 0 Å². The molecule has 0 saturated carbocycles. The summed E-state index contributed by atoms with van der Waals surface area (Å²) in [6.07, 6.45) is 1.59. The van der Waals surface area contributed by atoms with Crippen molar-refractivity contribution in [3.05, 3.63) is 92.9 Å². The minimum Gasteiger partial charge on any atom is -0.488 e. The summed E-state index contributed by atoms with van der Waals surface area (Å²) in [6.45, 7) is 0.628. The van der Waals surface area contributed by atoms with Crippen LogP contribution in [-0.2, 0) is 11.4 Å². The van der Waals surface area contributed by atoms with Crippen molar-refractivity contribution >= 4 is 49.7 Å². The van der Waals surface area contributed by atoms with Crippen molar-refractivity contribution in [3.8, 4) is 5.75 Å². The third-order valence-corrected chi connectivity index (χ3v) is 5.04. The molecule has 0 bridgehead atoms. The number of hydrogen-bond donors (Lipinski definition) is 2. The number of anilines is 1. The first kappa shape index (κ1) is 21.1. The Morgan fingerprint density at radius 1 is 1.00 bits per heavy atom. The van der Waals surface area contributed by atoms with Crippen molar-refractivity contribution in [1.82, 2.24) is 5.43 Å². The van der Waals surface area contributed by atoms with Crippen LogP contribution in [0.15, 0.2) is 86.8 Å². The third-order valence-electron chi connectivity index (χ3n) is 3.89. The maximum Gasteiger partial charge on any atom is 0.259 e. The molecule has 0 aromatic heterocycles. The van der Waals surface area contributed by atoms with E-state index in [1.54, 1.807) is 6.21 Å². The molecule has 29 heavy (non-hydrogen) atoms. The molecule has 1 amide bonds. The van der Waals surface area contributed by atoms with Gasteiger partial charge in [0.15, 0.2) is 0 Å². The minimum atomic E-state index is -0.231. The fourth-order valence-electron chi connectivity index (χ4n) is 2.42. The Kier molecular flexibility index (Phi) is 7.84. The predicted molar refractivity (Wildman–Crippen MR) is 123 cm³/mol. The van der Waals surface area contributed by atoms with Gasteiger partial charge in [0.1, 0.15) is 12.4 Å². The van der Waals surface area contributed by atoms with Crippen LogP contribution in [0.25, 0.3) is 0 Å². The molecular weight excluding hydrogens is 498 g/mol. The highest BCUT2D eigenvalue weighted by Crippen LogP contribution is 2.26. The van der Waals surface area contributed by atoms with E-state index in [4.69, 9.17) is 4.74 Å². The topological polar surface area (TPSA) is 62.7 Å². The SMILES string of the molecule is O=C(CNc1ccc(Br)cc1)N/N=C\c1ccc(OCc2ccccc2)c(Br)c1. The zero-order valence-corrected chi connectivity index (χ0v) is 18.6. The first-order valence-electron chi connectivity index (χ1n) is 8.88. The van der Waals surface area contributed by atoms with Gasteiger partial charge in [-0.05, 0) is 69.5 Å². The van der Waals surface area contributed by atoms with Crippen molar-refractivity contribution in [2.75, 3.05) is 11.9 Å². The lowest BCUT2D eigenvalue weighted by Crippen LogP contribution is -2.25. The molecule has 0 spiro atoms. The average molecular weight is 517 g/mol. The summed E-state index contributed by atoms with van der Waals surface area (Å²) < 4.78 is 7.64. The maximum atomic E-state index is 11.9. The van der Waals surface area contributed by atoms with E-state index in [2.05, 4.69) is 47.7 Å². The van der Waals surface area contributed by atoms with Crippen molar-refractivity contribution in [1.29, 1.82) is 0 Å². The number of hydrazone groups is 1. The molecule has 0 aliphatic heterocycles. The number of hydrogen-bond acceptors (Lipinski definition) is 4. The second-order valence-electron chi connectivity index (χ2n) is 6.12. The number of nitrogens with one attached hydrogen (secondary N) is 2. The van der Waals surface area contributed by atoms with Crippen molar-refractivity contribution < 1.29 is 9.53 Å². The Morgan fingerprint density at radius 2 is 1.76 bits per heavy atom. The summed E-state index contributed by atoms with van der Waals surface area (Å²) in [7, 11) is 0. The zero-order chi connectivity index (χ0) is 20.5. The van der Waals surface area contributed by atoms with Gasteiger partial charge < -0.3 is 10.1 Å². The number of benzene rings is 3. The van der Waals surface area contributed by atoms with Gasteiger partial charge in [0, 0.05) is 10.2 Å². The number of nitrogens with zero attached hydrogens (tertiary/aromatic N) is 1. The Hall–Kier alpha value is -2.64. The summed E-state index contributed by atoms with van der Waals surface area (Å²) in [6, 6.07) is 23.2. The fourth-order valence-corrected chi connectivity index (χ4v) is 3.19. The quantitative estimate of drug-likeness (QED) is 0.313. The van der Waals surface area contributed by atoms with E-state index >= 15 is 0 Å². The van der Waals surface area contributed by atoms with Crippen LogP contribution in [0.1, 0.15) is 11.1 Å². The summed E-state index contributed by atoms with van der Waals surface area (Å²) in [5.41, 5.74) is 5.31. The number of amides is 1. The molecule has 3 aromatic rings. The van der Waals surface area contributed by atoms with Crippen LogP contribution < -0.4 is 15.5 Å². The Morgan fingerprint density at radius 3 is 2.48 bits per heavy atom. The number of ether oxygens (including phenoxy) is 1. The lowest BCUT2D eigenvalue weighted by atomic mass is 10.2. The minimum absolute atomic E-state index is 0.134. The Labute approximate surface area is 186 Å². The monoisotopic (exact) mass is 515 g/mol. The summed E-state index contributed by atoms with van der Waals surface area (Å²) in [4.78, 5) is 11.9. The van der Waals surface area contributed by atoms with E-state index in [1.807, 2.05) is 72.8 Å². The molecule has 0 aliphatic rings. The molecule has 5 nitrogen and oxygen atoms in total. The van der Waals surface area contributed by atoms with Crippen LogP contribution in [0, 0.1) is 0 Å². The lowest BCUT2D eigenvalue weighted by molar-refractivity contribution is -0.119. The highest BCUT2D eigenvalue weighted by Gasteiger charge is 2.03. The van der Waals surface area contributed by atoms with Gasteiger partial charge in [-0.25, -0.2) is 5.43 Å². The number of carbonyl (C=O) groups is 1. The van der Waals surface area contributed by atoms with Crippen LogP contribution in [0.5, 0.6) is 5.75 Å². The second kappa shape index (κ2) is 10.8. The maximum absolute atomic E-state index is 11.9. The third kappa shape index (κ3) is 7.03. The van der Waals surface area contributed by atoms with Gasteiger partial charge in [-0.15, -0.1) is 0 Å². The molecule has 2 N–H and O–H groups in total. The van der Waals surface area contributed by atoms with Crippen LogP contribution in [0.3, 0.4) is 0 Å².